The molecule has 0 aliphatic heterocycles. The van der Waals surface area contributed by atoms with E-state index < -0.39 is 9.84 Å². The highest BCUT2D eigenvalue weighted by Crippen LogP contribution is 2.11. The maximum absolute atomic E-state index is 11.9. The van der Waals surface area contributed by atoms with Crippen molar-refractivity contribution in [1.29, 1.82) is 0 Å². The van der Waals surface area contributed by atoms with Crippen LogP contribution in [0.25, 0.3) is 0 Å². The first-order valence-corrected chi connectivity index (χ1v) is 8.69. The Morgan fingerprint density at radius 1 is 1.43 bits per heavy atom. The number of nitrogens with one attached hydrogen (secondary N) is 1. The van der Waals surface area contributed by atoms with Gasteiger partial charge in [-0.15, -0.1) is 12.4 Å². The second-order valence-electron chi connectivity index (χ2n) is 4.88. The van der Waals surface area contributed by atoms with Crippen LogP contribution in [-0.2, 0) is 15.6 Å². The molecule has 0 aliphatic carbocycles. The van der Waals surface area contributed by atoms with Crippen LogP contribution < -0.4 is 11.1 Å². The molecule has 0 saturated heterocycles. The average Bonchev–Trinajstić information content (AvgIpc) is 2.80. The zero-order valence-corrected chi connectivity index (χ0v) is 13.9. The molecule has 3 N–H and O–H groups in total. The van der Waals surface area contributed by atoms with E-state index in [4.69, 9.17) is 10.2 Å². The Hall–Kier alpha value is -1.05. The van der Waals surface area contributed by atoms with Gasteiger partial charge in [0.05, 0.1) is 0 Å². The Bertz CT molecular complexity index is 542. The molecule has 1 aromatic rings. The van der Waals surface area contributed by atoms with E-state index in [9.17, 15) is 13.2 Å². The molecule has 6 nitrogen and oxygen atoms in total. The number of sulfone groups is 1. The second kappa shape index (κ2) is 9.07. The van der Waals surface area contributed by atoms with Crippen LogP contribution >= 0.6 is 12.4 Å². The minimum Gasteiger partial charge on any atom is -0.455 e. The first-order chi connectivity index (χ1) is 9.35. The van der Waals surface area contributed by atoms with Crippen molar-refractivity contribution in [2.45, 2.75) is 38.0 Å². The minimum atomic E-state index is -3.17. The molecule has 8 heteroatoms. The van der Waals surface area contributed by atoms with Crippen molar-refractivity contribution in [1.82, 2.24) is 5.32 Å². The van der Waals surface area contributed by atoms with Crippen molar-refractivity contribution < 1.29 is 17.6 Å². The summed E-state index contributed by atoms with van der Waals surface area (Å²) in [6, 6.07) is 2.88. The predicted molar refractivity (Wildman–Crippen MR) is 84.3 cm³/mol. The van der Waals surface area contributed by atoms with Crippen molar-refractivity contribution in [2.75, 3.05) is 12.8 Å². The van der Waals surface area contributed by atoms with Gasteiger partial charge in [0.2, 0.25) is 0 Å². The number of hydrogen-bond acceptors (Lipinski definition) is 5. The van der Waals surface area contributed by atoms with Crippen LogP contribution in [-0.4, -0.2) is 33.2 Å². The van der Waals surface area contributed by atoms with Gasteiger partial charge in [-0.25, -0.2) is 8.42 Å². The van der Waals surface area contributed by atoms with E-state index in [0.717, 1.165) is 25.5 Å². The highest BCUT2D eigenvalue weighted by molar-refractivity contribution is 7.89. The molecule has 0 fully saturated rings. The van der Waals surface area contributed by atoms with Gasteiger partial charge in [0, 0.05) is 18.8 Å². The molecule has 1 atom stereocenters. The number of hydrogen-bond donors (Lipinski definition) is 2. The van der Waals surface area contributed by atoms with Crippen LogP contribution in [0, 0.1) is 0 Å². The number of rotatable bonds is 8. The van der Waals surface area contributed by atoms with Crippen molar-refractivity contribution in [2.24, 2.45) is 5.73 Å². The van der Waals surface area contributed by atoms with Gasteiger partial charge in [0.15, 0.2) is 15.6 Å². The number of carbonyl (C=O) groups is 1. The van der Waals surface area contributed by atoms with Gasteiger partial charge in [-0.1, -0.05) is 19.8 Å². The molecule has 1 unspecified atom stereocenters. The second-order valence-corrected chi connectivity index (χ2v) is 7.02. The highest BCUT2D eigenvalue weighted by Gasteiger charge is 2.16. The zero-order valence-electron chi connectivity index (χ0n) is 12.3. The number of unbranched alkanes of at least 4 members (excludes halogenated alkanes) is 1. The Kier molecular flexibility index (Phi) is 8.61. The quantitative estimate of drug-likeness (QED) is 0.747. The van der Waals surface area contributed by atoms with Crippen LogP contribution in [0.5, 0.6) is 0 Å². The number of amides is 1. The van der Waals surface area contributed by atoms with Gasteiger partial charge in [0.1, 0.15) is 11.5 Å². The van der Waals surface area contributed by atoms with E-state index >= 15 is 0 Å². The first kappa shape index (κ1) is 19.9. The van der Waals surface area contributed by atoms with Gasteiger partial charge in [-0.2, -0.15) is 0 Å². The molecule has 1 rings (SSSR count). The van der Waals surface area contributed by atoms with Gasteiger partial charge >= 0.3 is 0 Å². The van der Waals surface area contributed by atoms with E-state index in [-0.39, 0.29) is 41.6 Å². The number of carbonyl (C=O) groups excluding carboxylic acids is 1. The summed E-state index contributed by atoms with van der Waals surface area (Å²) in [7, 11) is -3.17. The third-order valence-corrected chi connectivity index (χ3v) is 3.62. The van der Waals surface area contributed by atoms with E-state index in [1.807, 2.05) is 0 Å². The SMILES string of the molecule is CCCCC(CN)NC(=O)c1ccc(CS(C)(=O)=O)o1.Cl. The molecular formula is C13H23ClN2O4S. The van der Waals surface area contributed by atoms with Gasteiger partial charge in [-0.3, -0.25) is 4.79 Å². The van der Waals surface area contributed by atoms with Crippen LogP contribution in [0.15, 0.2) is 16.5 Å². The molecule has 21 heavy (non-hydrogen) atoms. The maximum atomic E-state index is 11.9. The highest BCUT2D eigenvalue weighted by atomic mass is 35.5. The molecule has 0 spiro atoms. The summed E-state index contributed by atoms with van der Waals surface area (Å²) in [5.74, 6) is -0.207. The summed E-state index contributed by atoms with van der Waals surface area (Å²) in [4.78, 5) is 11.9. The summed E-state index contributed by atoms with van der Waals surface area (Å²) < 4.78 is 27.5. The molecule has 1 amide bonds. The lowest BCUT2D eigenvalue weighted by atomic mass is 10.1. The Morgan fingerprint density at radius 2 is 2.10 bits per heavy atom. The Morgan fingerprint density at radius 3 is 2.62 bits per heavy atom. The number of furan rings is 1. The van der Waals surface area contributed by atoms with Gasteiger partial charge in [-0.05, 0) is 18.6 Å². The van der Waals surface area contributed by atoms with Crippen LogP contribution in [0.2, 0.25) is 0 Å². The molecule has 0 bridgehead atoms. The summed E-state index contributed by atoms with van der Waals surface area (Å²) in [6.07, 6.45) is 3.95. The summed E-state index contributed by atoms with van der Waals surface area (Å²) in [5, 5.41) is 2.79. The Balaban J connectivity index is 0.00000400. The molecule has 0 aliphatic rings. The largest absolute Gasteiger partial charge is 0.455 e. The lowest BCUT2D eigenvalue weighted by molar-refractivity contribution is 0.0906. The van der Waals surface area contributed by atoms with Crippen LogP contribution in [0.4, 0.5) is 0 Å². The number of nitrogens with two attached hydrogens (primary N) is 1. The fourth-order valence-corrected chi connectivity index (χ4v) is 2.46. The first-order valence-electron chi connectivity index (χ1n) is 6.63. The third-order valence-electron chi connectivity index (χ3n) is 2.82. The maximum Gasteiger partial charge on any atom is 0.287 e. The normalized spacial score (nSPS) is 12.5. The fraction of sp³-hybridized carbons (Fsp3) is 0.615. The summed E-state index contributed by atoms with van der Waals surface area (Å²) >= 11 is 0. The summed E-state index contributed by atoms with van der Waals surface area (Å²) in [6.45, 7) is 2.43. The van der Waals surface area contributed by atoms with Crippen LogP contribution in [0.3, 0.4) is 0 Å². The van der Waals surface area contributed by atoms with Crippen molar-refractivity contribution in [3.8, 4) is 0 Å². The van der Waals surface area contributed by atoms with E-state index in [0.29, 0.717) is 6.54 Å². The fourth-order valence-electron chi connectivity index (χ4n) is 1.79. The smallest absolute Gasteiger partial charge is 0.287 e. The minimum absolute atomic E-state index is 0. The molecule has 122 valence electrons. The Labute approximate surface area is 131 Å². The monoisotopic (exact) mass is 338 g/mol. The standard InChI is InChI=1S/C13H22N2O4S.ClH/c1-3-4-5-10(8-14)15-13(16)12-7-6-11(19-12)9-20(2,17)18;/h6-7,10H,3-5,8-9,14H2,1-2H3,(H,15,16);1H. The molecule has 0 saturated carbocycles. The summed E-state index contributed by atoms with van der Waals surface area (Å²) in [5.41, 5.74) is 5.60. The van der Waals surface area contributed by atoms with E-state index in [1.165, 1.54) is 12.1 Å². The molecule has 0 radical (unpaired) electrons. The lowest BCUT2D eigenvalue weighted by Crippen LogP contribution is -2.40. The molecule has 0 aromatic carbocycles. The van der Waals surface area contributed by atoms with Crippen molar-refractivity contribution >= 4 is 28.2 Å². The van der Waals surface area contributed by atoms with Gasteiger partial charge < -0.3 is 15.5 Å². The average molecular weight is 339 g/mol. The van der Waals surface area contributed by atoms with Gasteiger partial charge in [0.25, 0.3) is 5.91 Å². The molecule has 1 heterocycles. The zero-order chi connectivity index (χ0) is 15.2. The van der Waals surface area contributed by atoms with E-state index in [1.54, 1.807) is 0 Å². The molecule has 1 aromatic heterocycles. The topological polar surface area (TPSA) is 102 Å². The van der Waals surface area contributed by atoms with Crippen LogP contribution in [0.1, 0.15) is 42.5 Å². The van der Waals surface area contributed by atoms with E-state index in [2.05, 4.69) is 12.2 Å². The lowest BCUT2D eigenvalue weighted by Gasteiger charge is -2.15. The number of halogens is 1. The van der Waals surface area contributed by atoms with Crippen molar-refractivity contribution in [3.63, 3.8) is 0 Å². The molecular weight excluding hydrogens is 316 g/mol. The van der Waals surface area contributed by atoms with Crippen molar-refractivity contribution in [3.05, 3.63) is 23.7 Å². The third kappa shape index (κ3) is 7.50. The predicted octanol–water partition coefficient (Wildman–Crippen LogP) is 1.49.